The van der Waals surface area contributed by atoms with E-state index in [4.69, 9.17) is 20.3 Å². The third kappa shape index (κ3) is 3.01. The molecule has 0 aliphatic carbocycles. The van der Waals surface area contributed by atoms with Gasteiger partial charge in [0.2, 0.25) is 5.95 Å². The highest BCUT2D eigenvalue weighted by Gasteiger charge is 2.60. The zero-order valence-corrected chi connectivity index (χ0v) is 13.8. The lowest BCUT2D eigenvalue weighted by Gasteiger charge is -2.31. The van der Waals surface area contributed by atoms with Gasteiger partial charge < -0.3 is 30.5 Å². The third-order valence-corrected chi connectivity index (χ3v) is 4.41. The molecule has 0 spiro atoms. The summed E-state index contributed by atoms with van der Waals surface area (Å²) in [6.07, 6.45) is -4.06. The maximum Gasteiger partial charge on any atom is 0.470 e. The minimum Gasteiger partial charge on any atom is -0.394 e. The van der Waals surface area contributed by atoms with Crippen LogP contribution in [0.1, 0.15) is 6.23 Å². The van der Waals surface area contributed by atoms with Crippen molar-refractivity contribution in [1.82, 2.24) is 19.5 Å². The number of anilines is 1. The molecule has 2 aromatic rings. The van der Waals surface area contributed by atoms with Crippen LogP contribution in [0.15, 0.2) is 11.1 Å². The molecule has 1 saturated heterocycles. The first-order valence-electron chi connectivity index (χ1n) is 7.11. The average Bonchev–Trinajstić information content (AvgIpc) is 3.07. The maximum atomic E-state index is 13.7. The molecule has 1 fully saturated rings. The highest BCUT2D eigenvalue weighted by Crippen LogP contribution is 2.48. The van der Waals surface area contributed by atoms with Crippen LogP contribution in [-0.2, 0) is 13.8 Å². The molecular weight excluding hydrogens is 380 g/mol. The first-order valence-corrected chi connectivity index (χ1v) is 8.64. The Morgan fingerprint density at radius 1 is 1.54 bits per heavy atom. The van der Waals surface area contributed by atoms with Gasteiger partial charge in [-0.15, -0.1) is 0 Å². The molecule has 7 N–H and O–H groups in total. The second kappa shape index (κ2) is 6.35. The predicted molar refractivity (Wildman–Crippen MR) is 81.4 cm³/mol. The summed E-state index contributed by atoms with van der Waals surface area (Å²) >= 11 is 0. The number of imidazole rings is 1. The van der Waals surface area contributed by atoms with Gasteiger partial charge in [-0.1, -0.05) is 0 Å². The Bertz CT molecular complexity index is 929. The number of aliphatic hydroxyl groups is 2. The zero-order chi connectivity index (χ0) is 19.3. The van der Waals surface area contributed by atoms with Crippen LogP contribution < -0.4 is 11.3 Å². The molecule has 2 aromatic heterocycles. The lowest BCUT2D eigenvalue weighted by Crippen LogP contribution is -2.50. The number of nitrogens with zero attached hydrogens (tertiary/aromatic N) is 3. The minimum atomic E-state index is -5.16. The highest BCUT2D eigenvalue weighted by molar-refractivity contribution is 7.46. The van der Waals surface area contributed by atoms with Crippen LogP contribution in [-0.4, -0.2) is 70.6 Å². The molecule has 3 rings (SSSR count). The van der Waals surface area contributed by atoms with Crippen molar-refractivity contribution >= 4 is 24.9 Å². The van der Waals surface area contributed by atoms with Crippen LogP contribution in [0.2, 0.25) is 0 Å². The van der Waals surface area contributed by atoms with E-state index in [9.17, 15) is 24.0 Å². The van der Waals surface area contributed by atoms with Gasteiger partial charge in [0, 0.05) is 0 Å². The number of halogens is 1. The van der Waals surface area contributed by atoms with Gasteiger partial charge in [-0.05, 0) is 0 Å². The van der Waals surface area contributed by atoms with Crippen LogP contribution in [0.5, 0.6) is 0 Å². The number of alkyl halides is 1. The molecule has 15 heteroatoms. The second-order valence-corrected chi connectivity index (χ2v) is 6.82. The largest absolute Gasteiger partial charge is 0.470 e. The number of phosphoric ester groups is 1. The summed E-state index contributed by atoms with van der Waals surface area (Å²) in [4.78, 5) is 39.7. The average molecular weight is 395 g/mol. The Morgan fingerprint density at radius 3 is 2.81 bits per heavy atom. The van der Waals surface area contributed by atoms with E-state index in [-0.39, 0.29) is 17.1 Å². The van der Waals surface area contributed by atoms with Crippen LogP contribution in [0, 0.1) is 0 Å². The van der Waals surface area contributed by atoms with Crippen molar-refractivity contribution in [3.8, 4) is 0 Å². The number of H-pyrrole nitrogens is 1. The topological polar surface area (TPSA) is 206 Å². The summed E-state index contributed by atoms with van der Waals surface area (Å²) in [7, 11) is -5.16. The molecule has 0 aromatic carbocycles. The van der Waals surface area contributed by atoms with Crippen molar-refractivity contribution in [2.75, 3.05) is 19.0 Å². The number of hydrogen-bond donors (Lipinski definition) is 6. The maximum absolute atomic E-state index is 13.7. The highest BCUT2D eigenvalue weighted by atomic mass is 31.2. The summed E-state index contributed by atoms with van der Waals surface area (Å²) in [6.45, 7) is -2.40. The van der Waals surface area contributed by atoms with Gasteiger partial charge in [-0.2, -0.15) is 4.98 Å². The van der Waals surface area contributed by atoms with E-state index in [1.807, 2.05) is 0 Å². The number of nitrogens with two attached hydrogens (primary N) is 1. The fraction of sp³-hybridized carbons (Fsp3) is 0.545. The monoisotopic (exact) mass is 395 g/mol. The number of nitrogen functional groups attached to an aromatic ring is 1. The molecule has 0 amide bonds. The Kier molecular flexibility index (Phi) is 4.60. The number of nitrogens with one attached hydrogen (secondary N) is 1. The molecular formula is C11H15FN5O8P. The first-order chi connectivity index (χ1) is 12.1. The Morgan fingerprint density at radius 2 is 2.23 bits per heavy atom. The molecule has 144 valence electrons. The van der Waals surface area contributed by atoms with Crippen molar-refractivity contribution in [2.24, 2.45) is 0 Å². The lowest BCUT2D eigenvalue weighted by molar-refractivity contribution is -0.116. The second-order valence-electron chi connectivity index (χ2n) is 5.63. The molecule has 1 aliphatic rings. The number of rotatable bonds is 5. The van der Waals surface area contributed by atoms with E-state index >= 15 is 0 Å². The van der Waals surface area contributed by atoms with Crippen LogP contribution >= 0.6 is 7.82 Å². The van der Waals surface area contributed by atoms with Gasteiger partial charge in [-0.3, -0.25) is 18.9 Å². The normalized spacial score (nSPS) is 29.5. The molecule has 0 bridgehead atoms. The van der Waals surface area contributed by atoms with Gasteiger partial charge in [-0.25, -0.2) is 13.9 Å². The fourth-order valence-electron chi connectivity index (χ4n) is 2.83. The van der Waals surface area contributed by atoms with Crippen molar-refractivity contribution in [1.29, 1.82) is 0 Å². The molecule has 0 radical (unpaired) electrons. The van der Waals surface area contributed by atoms with Gasteiger partial charge in [0.25, 0.3) is 5.56 Å². The number of fused-ring (bicyclic) bond motifs is 1. The fourth-order valence-corrected chi connectivity index (χ4v) is 3.44. The lowest BCUT2D eigenvalue weighted by atomic mass is 9.95. The van der Waals surface area contributed by atoms with Crippen LogP contribution in [0.4, 0.5) is 10.3 Å². The predicted octanol–water partition coefficient (Wildman–Crippen LogP) is -2.23. The van der Waals surface area contributed by atoms with Crippen molar-refractivity contribution < 1.29 is 38.2 Å². The summed E-state index contributed by atoms with van der Waals surface area (Å²) in [5.74, 6) is -0.284. The molecule has 4 atom stereocenters. The van der Waals surface area contributed by atoms with Crippen molar-refractivity contribution in [3.05, 3.63) is 16.7 Å². The summed E-state index contributed by atoms with van der Waals surface area (Å²) in [6, 6.07) is 0. The quantitative estimate of drug-likeness (QED) is 0.299. The SMILES string of the molecule is Nc1nc2c(ncn2[C@@H]2O[C@H](CO)[C@@H](OP(=O)(O)O)[C@]2(O)CF)c(=O)[nH]1. The van der Waals surface area contributed by atoms with Crippen molar-refractivity contribution in [2.45, 2.75) is 24.0 Å². The summed E-state index contributed by atoms with van der Waals surface area (Å²) < 4.78 is 35.6. The first kappa shape index (κ1) is 18.8. The van der Waals surface area contributed by atoms with E-state index in [0.29, 0.717) is 0 Å². The smallest absolute Gasteiger partial charge is 0.394 e. The summed E-state index contributed by atoms with van der Waals surface area (Å²) in [5, 5.41) is 20.1. The Hall–Kier alpha value is -1.93. The molecule has 3 heterocycles. The number of hydrogen-bond acceptors (Lipinski definition) is 9. The number of aromatic amines is 1. The third-order valence-electron chi connectivity index (χ3n) is 3.91. The Balaban J connectivity index is 2.13. The molecule has 13 nitrogen and oxygen atoms in total. The minimum absolute atomic E-state index is 0.170. The van der Waals surface area contributed by atoms with Crippen molar-refractivity contribution in [3.63, 3.8) is 0 Å². The number of phosphoric acid groups is 1. The Labute approximate surface area is 143 Å². The van der Waals surface area contributed by atoms with Gasteiger partial charge in [0.05, 0.1) is 12.9 Å². The van der Waals surface area contributed by atoms with Gasteiger partial charge >= 0.3 is 7.82 Å². The molecule has 26 heavy (non-hydrogen) atoms. The van der Waals surface area contributed by atoms with Gasteiger partial charge in [0.1, 0.15) is 18.9 Å². The standard InChI is InChI=1S/C11H15FN5O8P/c12-2-11(20)6(25-26(21,22)23)4(1-18)24-9(11)17-3-14-5-7(17)15-10(13)16-8(5)19/h3-4,6,9,18,20H,1-2H2,(H2,21,22,23)(H3,13,15,16,19)/t4-,6-,9-,11-/m1/s1. The van der Waals surface area contributed by atoms with E-state index in [1.54, 1.807) is 0 Å². The van der Waals surface area contributed by atoms with Gasteiger partial charge in [0.15, 0.2) is 23.0 Å². The molecule has 0 saturated carbocycles. The molecule has 1 aliphatic heterocycles. The van der Waals surface area contributed by atoms with Crippen LogP contribution in [0.25, 0.3) is 11.2 Å². The van der Waals surface area contributed by atoms with Crippen LogP contribution in [0.3, 0.4) is 0 Å². The summed E-state index contributed by atoms with van der Waals surface area (Å²) in [5.41, 5.74) is 1.78. The van der Waals surface area contributed by atoms with E-state index < -0.39 is 50.7 Å². The van der Waals surface area contributed by atoms with E-state index in [1.165, 1.54) is 0 Å². The van der Waals surface area contributed by atoms with E-state index in [2.05, 4.69) is 19.5 Å². The van der Waals surface area contributed by atoms with E-state index in [0.717, 1.165) is 10.9 Å². The zero-order valence-electron chi connectivity index (χ0n) is 12.9. The number of ether oxygens (including phenoxy) is 1. The number of aliphatic hydroxyl groups excluding tert-OH is 1. The number of aromatic nitrogens is 4. The molecule has 0 unspecified atom stereocenters.